The van der Waals surface area contributed by atoms with E-state index in [0.29, 0.717) is 11.3 Å². The Morgan fingerprint density at radius 1 is 1.04 bits per heavy atom. The van der Waals surface area contributed by atoms with Gasteiger partial charge in [0.15, 0.2) is 17.7 Å². The molecule has 26 heavy (non-hydrogen) atoms. The highest BCUT2D eigenvalue weighted by Gasteiger charge is 2.45. The minimum Gasteiger partial charge on any atom is -0.496 e. The first kappa shape index (κ1) is 18.6. The van der Waals surface area contributed by atoms with Crippen molar-refractivity contribution in [2.24, 2.45) is 0 Å². The quantitative estimate of drug-likeness (QED) is 0.691. The molecule has 0 N–H and O–H groups in total. The molecule has 0 saturated carbocycles. The molecule has 0 aromatic heterocycles. The second kappa shape index (κ2) is 8.02. The number of aryl methyl sites for hydroxylation is 1. The summed E-state index contributed by atoms with van der Waals surface area (Å²) in [6.45, 7) is 3.71. The van der Waals surface area contributed by atoms with Crippen LogP contribution in [-0.4, -0.2) is 30.9 Å². The van der Waals surface area contributed by atoms with Crippen LogP contribution in [0.1, 0.15) is 42.6 Å². The van der Waals surface area contributed by atoms with Gasteiger partial charge in [0.25, 0.3) is 0 Å². The number of para-hydroxylation sites is 1. The minimum absolute atomic E-state index is 0.0854. The van der Waals surface area contributed by atoms with Crippen LogP contribution in [-0.2, 0) is 15.9 Å². The number of ketones is 1. The maximum Gasteiger partial charge on any atom is 0.198 e. The molecule has 3 rings (SSSR count). The first-order valence-electron chi connectivity index (χ1n) is 9.07. The van der Waals surface area contributed by atoms with Crippen molar-refractivity contribution in [3.8, 4) is 5.75 Å². The highest BCUT2D eigenvalue weighted by Crippen LogP contribution is 2.34. The van der Waals surface area contributed by atoms with Crippen LogP contribution < -0.4 is 4.74 Å². The van der Waals surface area contributed by atoms with Gasteiger partial charge in [0.05, 0.1) is 18.8 Å². The van der Waals surface area contributed by atoms with Gasteiger partial charge in [-0.1, -0.05) is 42.5 Å². The Hall–Kier alpha value is -2.17. The van der Waals surface area contributed by atoms with Crippen molar-refractivity contribution in [1.29, 1.82) is 0 Å². The Labute approximate surface area is 155 Å². The Morgan fingerprint density at radius 3 is 2.46 bits per heavy atom. The fraction of sp³-hybridized carbons (Fsp3) is 0.409. The van der Waals surface area contributed by atoms with E-state index in [0.717, 1.165) is 19.3 Å². The summed E-state index contributed by atoms with van der Waals surface area (Å²) in [6, 6.07) is 17.6. The molecule has 0 unspecified atom stereocenters. The zero-order chi connectivity index (χ0) is 18.6. The molecule has 0 bridgehead atoms. The molecular weight excluding hydrogens is 328 g/mol. The van der Waals surface area contributed by atoms with E-state index in [1.54, 1.807) is 19.2 Å². The number of Topliss-reactive ketones (excluding diaryl/α,β-unsaturated/α-hetero) is 1. The molecule has 1 fully saturated rings. The van der Waals surface area contributed by atoms with Gasteiger partial charge in [-0.05, 0) is 50.8 Å². The number of benzene rings is 2. The monoisotopic (exact) mass is 354 g/mol. The lowest BCUT2D eigenvalue weighted by molar-refractivity contribution is -0.143. The first-order chi connectivity index (χ1) is 12.5. The van der Waals surface area contributed by atoms with E-state index in [2.05, 4.69) is 12.1 Å². The highest BCUT2D eigenvalue weighted by atomic mass is 16.8. The summed E-state index contributed by atoms with van der Waals surface area (Å²) in [5, 5.41) is 0. The lowest BCUT2D eigenvalue weighted by Gasteiger charge is -2.17. The molecule has 2 atom stereocenters. The smallest absolute Gasteiger partial charge is 0.198 e. The van der Waals surface area contributed by atoms with Gasteiger partial charge in [-0.2, -0.15) is 0 Å². The fourth-order valence-electron chi connectivity index (χ4n) is 3.42. The number of methoxy groups -OCH3 is 1. The number of carbonyl (C=O) groups excluding carboxylic acids is 1. The van der Waals surface area contributed by atoms with Crippen molar-refractivity contribution in [1.82, 2.24) is 0 Å². The third kappa shape index (κ3) is 4.32. The Bertz CT molecular complexity index is 739. The molecule has 0 radical (unpaired) electrons. The lowest BCUT2D eigenvalue weighted by Crippen LogP contribution is -2.32. The van der Waals surface area contributed by atoms with Gasteiger partial charge < -0.3 is 14.2 Å². The minimum atomic E-state index is -0.764. The van der Waals surface area contributed by atoms with Crippen molar-refractivity contribution >= 4 is 5.78 Å². The summed E-state index contributed by atoms with van der Waals surface area (Å²) in [6.07, 6.45) is 1.79. The average molecular weight is 354 g/mol. The summed E-state index contributed by atoms with van der Waals surface area (Å²) < 4.78 is 17.3. The molecule has 4 heteroatoms. The van der Waals surface area contributed by atoms with Gasteiger partial charge in [-0.15, -0.1) is 0 Å². The Morgan fingerprint density at radius 2 is 1.73 bits per heavy atom. The van der Waals surface area contributed by atoms with Crippen molar-refractivity contribution in [2.75, 3.05) is 7.11 Å². The molecule has 1 aliphatic rings. The second-order valence-corrected chi connectivity index (χ2v) is 7.04. The van der Waals surface area contributed by atoms with Crippen LogP contribution in [0.3, 0.4) is 0 Å². The van der Waals surface area contributed by atoms with Crippen molar-refractivity contribution in [2.45, 2.75) is 51.1 Å². The summed E-state index contributed by atoms with van der Waals surface area (Å²) in [5.41, 5.74) is 1.83. The largest absolute Gasteiger partial charge is 0.496 e. The van der Waals surface area contributed by atoms with E-state index < -0.39 is 11.9 Å². The summed E-state index contributed by atoms with van der Waals surface area (Å²) in [7, 11) is 1.57. The predicted octanol–water partition coefficient (Wildman–Crippen LogP) is 4.42. The molecule has 1 aliphatic heterocycles. The van der Waals surface area contributed by atoms with Crippen molar-refractivity contribution in [3.63, 3.8) is 0 Å². The molecule has 138 valence electrons. The van der Waals surface area contributed by atoms with E-state index in [-0.39, 0.29) is 11.9 Å². The molecule has 0 spiro atoms. The van der Waals surface area contributed by atoms with Gasteiger partial charge in [0.2, 0.25) is 0 Å². The van der Waals surface area contributed by atoms with Crippen LogP contribution in [0.4, 0.5) is 0 Å². The lowest BCUT2D eigenvalue weighted by atomic mass is 9.97. The predicted molar refractivity (Wildman–Crippen MR) is 101 cm³/mol. The van der Waals surface area contributed by atoms with Gasteiger partial charge in [0.1, 0.15) is 5.75 Å². The standard InChI is InChI=1S/C22H26O4/c1-22(2)25-19(15-9-12-16-10-5-4-6-11-16)21(26-22)20(23)17-13-7-8-14-18(17)24-3/h4-8,10-11,13-14,19,21H,9,12,15H2,1-3H3/t19-,21+/m0/s1. The molecule has 1 heterocycles. The van der Waals surface area contributed by atoms with Crippen molar-refractivity contribution in [3.05, 3.63) is 65.7 Å². The van der Waals surface area contributed by atoms with E-state index >= 15 is 0 Å². The summed E-state index contributed by atoms with van der Waals surface area (Å²) in [4.78, 5) is 13.1. The fourth-order valence-corrected chi connectivity index (χ4v) is 3.42. The maximum absolute atomic E-state index is 13.1. The Balaban J connectivity index is 1.70. The van der Waals surface area contributed by atoms with Crippen molar-refractivity contribution < 1.29 is 19.0 Å². The zero-order valence-electron chi connectivity index (χ0n) is 15.6. The highest BCUT2D eigenvalue weighted by molar-refractivity contribution is 6.02. The third-order valence-electron chi connectivity index (χ3n) is 4.61. The zero-order valence-corrected chi connectivity index (χ0v) is 15.6. The number of hydrogen-bond donors (Lipinski definition) is 0. The maximum atomic E-state index is 13.1. The van der Waals surface area contributed by atoms with Crippen LogP contribution in [0, 0.1) is 0 Å². The summed E-state index contributed by atoms with van der Waals surface area (Å²) >= 11 is 0. The van der Waals surface area contributed by atoms with E-state index in [9.17, 15) is 4.79 Å². The van der Waals surface area contributed by atoms with Gasteiger partial charge in [-0.25, -0.2) is 0 Å². The van der Waals surface area contributed by atoms with Crippen LogP contribution in [0.2, 0.25) is 0 Å². The van der Waals surface area contributed by atoms with E-state index in [1.807, 2.05) is 44.2 Å². The third-order valence-corrected chi connectivity index (χ3v) is 4.61. The first-order valence-corrected chi connectivity index (χ1v) is 9.07. The molecule has 2 aromatic carbocycles. The van der Waals surface area contributed by atoms with Gasteiger partial charge in [-0.3, -0.25) is 4.79 Å². The SMILES string of the molecule is COc1ccccc1C(=O)[C@@H]1OC(C)(C)O[C@H]1CCCc1ccccc1. The number of rotatable bonds is 7. The average Bonchev–Trinajstić information content (AvgIpc) is 2.96. The number of carbonyl (C=O) groups is 1. The molecule has 2 aromatic rings. The van der Waals surface area contributed by atoms with Gasteiger partial charge >= 0.3 is 0 Å². The Kier molecular flexibility index (Phi) is 5.74. The molecule has 1 saturated heterocycles. The second-order valence-electron chi connectivity index (χ2n) is 7.04. The number of ether oxygens (including phenoxy) is 3. The normalized spacial score (nSPS) is 21.5. The molecule has 4 nitrogen and oxygen atoms in total. The van der Waals surface area contributed by atoms with Crippen LogP contribution in [0.25, 0.3) is 0 Å². The topological polar surface area (TPSA) is 44.8 Å². The van der Waals surface area contributed by atoms with E-state index in [1.165, 1.54) is 5.56 Å². The van der Waals surface area contributed by atoms with E-state index in [4.69, 9.17) is 14.2 Å². The summed E-state index contributed by atoms with van der Waals surface area (Å²) in [5.74, 6) is -0.286. The van der Waals surface area contributed by atoms with Gasteiger partial charge in [0, 0.05) is 0 Å². The van der Waals surface area contributed by atoms with Crippen LogP contribution in [0.15, 0.2) is 54.6 Å². The molecule has 0 aliphatic carbocycles. The number of hydrogen-bond acceptors (Lipinski definition) is 4. The van der Waals surface area contributed by atoms with Crippen LogP contribution >= 0.6 is 0 Å². The molecular formula is C22H26O4. The molecule has 0 amide bonds. The van der Waals surface area contributed by atoms with Crippen LogP contribution in [0.5, 0.6) is 5.75 Å².